The molecule has 0 amide bonds. The monoisotopic (exact) mass is 424 g/mol. The number of furan rings is 1. The number of alkyl halides is 1. The Kier molecular flexibility index (Phi) is 3.44. The molecule has 1 unspecified atom stereocenters. The first-order valence-electron chi connectivity index (χ1n) is 6.51. The zero-order chi connectivity index (χ0) is 14.4. The van der Waals surface area contributed by atoms with Gasteiger partial charge in [0.2, 0.25) is 0 Å². The molecule has 0 radical (unpaired) electrons. The number of rotatable bonds is 2. The van der Waals surface area contributed by atoms with Crippen LogP contribution < -0.4 is 0 Å². The van der Waals surface area contributed by atoms with Crippen LogP contribution >= 0.6 is 45.5 Å². The molecule has 2 heterocycles. The second kappa shape index (κ2) is 5.30. The van der Waals surface area contributed by atoms with Crippen molar-refractivity contribution in [3.05, 3.63) is 67.9 Å². The second-order valence-electron chi connectivity index (χ2n) is 4.90. The first kappa shape index (κ1) is 13.6. The minimum atomic E-state index is -0.122. The van der Waals surface area contributed by atoms with E-state index in [0.29, 0.717) is 0 Å². The highest BCUT2D eigenvalue weighted by atomic mass is 127. The van der Waals surface area contributed by atoms with Crippen LogP contribution in [0.15, 0.2) is 58.3 Å². The molecule has 0 aliphatic rings. The fourth-order valence-corrected chi connectivity index (χ4v) is 4.28. The van der Waals surface area contributed by atoms with Crippen molar-refractivity contribution in [3.8, 4) is 0 Å². The van der Waals surface area contributed by atoms with Crippen molar-refractivity contribution in [3.63, 3.8) is 0 Å². The van der Waals surface area contributed by atoms with E-state index in [9.17, 15) is 0 Å². The van der Waals surface area contributed by atoms with Crippen molar-refractivity contribution in [1.82, 2.24) is 0 Å². The lowest BCUT2D eigenvalue weighted by molar-refractivity contribution is 0.669. The molecule has 21 heavy (non-hydrogen) atoms. The molecule has 0 spiro atoms. The number of hydrogen-bond donors (Lipinski definition) is 0. The summed E-state index contributed by atoms with van der Waals surface area (Å²) in [6, 6.07) is 16.4. The molecule has 0 N–H and O–H groups in total. The minimum Gasteiger partial charge on any atom is -0.456 e. The fourth-order valence-electron chi connectivity index (χ4n) is 2.55. The van der Waals surface area contributed by atoms with Gasteiger partial charge in [-0.3, -0.25) is 0 Å². The van der Waals surface area contributed by atoms with E-state index in [1.807, 2.05) is 30.3 Å². The first-order valence-corrected chi connectivity index (χ1v) is 8.91. The van der Waals surface area contributed by atoms with Gasteiger partial charge in [-0.2, -0.15) is 0 Å². The summed E-state index contributed by atoms with van der Waals surface area (Å²) in [6.45, 7) is 0. The normalized spacial score (nSPS) is 13.0. The van der Waals surface area contributed by atoms with Crippen molar-refractivity contribution in [2.75, 3.05) is 0 Å². The Morgan fingerprint density at radius 3 is 2.57 bits per heavy atom. The Labute approximate surface area is 144 Å². The number of halogens is 2. The van der Waals surface area contributed by atoms with Crippen LogP contribution in [0.3, 0.4) is 0 Å². The molecule has 104 valence electrons. The molecule has 1 atom stereocenters. The van der Waals surface area contributed by atoms with Gasteiger partial charge in [0, 0.05) is 10.8 Å². The Balaban J connectivity index is 1.88. The predicted octanol–water partition coefficient (Wildman–Crippen LogP) is 6.58. The van der Waals surface area contributed by atoms with E-state index in [1.165, 1.54) is 2.88 Å². The molecule has 4 rings (SSSR count). The number of hydrogen-bond acceptors (Lipinski definition) is 2. The molecule has 1 nitrogen and oxygen atoms in total. The van der Waals surface area contributed by atoms with Crippen molar-refractivity contribution in [2.45, 2.75) is 5.38 Å². The average molecular weight is 425 g/mol. The van der Waals surface area contributed by atoms with E-state index in [1.54, 1.807) is 11.3 Å². The Morgan fingerprint density at radius 1 is 0.952 bits per heavy atom. The van der Waals surface area contributed by atoms with Gasteiger partial charge in [0.05, 0.1) is 8.26 Å². The third-order valence-electron chi connectivity index (χ3n) is 3.57. The number of thiophene rings is 1. The highest BCUT2D eigenvalue weighted by molar-refractivity contribution is 14.1. The standard InChI is InChI=1S/C17H10ClIOS/c18-17(11-8-16(19)21-9-11)10-5-6-15-13(7-10)12-3-1-2-4-14(12)20-15/h1-9,17H. The Hall–Kier alpha value is -1.04. The van der Waals surface area contributed by atoms with Crippen LogP contribution in [0.2, 0.25) is 0 Å². The van der Waals surface area contributed by atoms with E-state index in [-0.39, 0.29) is 5.38 Å². The summed E-state index contributed by atoms with van der Waals surface area (Å²) in [4.78, 5) is 0. The van der Waals surface area contributed by atoms with Gasteiger partial charge in [0.25, 0.3) is 0 Å². The summed E-state index contributed by atoms with van der Waals surface area (Å²) in [5, 5.41) is 4.26. The molecule has 4 heteroatoms. The molecular formula is C17H10ClIOS. The van der Waals surface area contributed by atoms with Gasteiger partial charge < -0.3 is 4.42 Å². The van der Waals surface area contributed by atoms with Crippen LogP contribution in [-0.4, -0.2) is 0 Å². The summed E-state index contributed by atoms with van der Waals surface area (Å²) in [6.07, 6.45) is 0. The quantitative estimate of drug-likeness (QED) is 0.262. The SMILES string of the molecule is ClC(c1csc(I)c1)c1ccc2oc3ccccc3c2c1. The summed E-state index contributed by atoms with van der Waals surface area (Å²) in [7, 11) is 0. The molecule has 2 aromatic heterocycles. The van der Waals surface area contributed by atoms with Gasteiger partial charge in [-0.15, -0.1) is 22.9 Å². The van der Waals surface area contributed by atoms with E-state index < -0.39 is 0 Å². The zero-order valence-electron chi connectivity index (χ0n) is 10.8. The molecular weight excluding hydrogens is 415 g/mol. The van der Waals surface area contributed by atoms with Gasteiger partial charge >= 0.3 is 0 Å². The molecule has 0 aliphatic heterocycles. The maximum absolute atomic E-state index is 6.64. The van der Waals surface area contributed by atoms with Crippen LogP contribution in [0, 0.1) is 2.88 Å². The lowest BCUT2D eigenvalue weighted by Crippen LogP contribution is -1.90. The summed E-state index contributed by atoms with van der Waals surface area (Å²) < 4.78 is 7.11. The van der Waals surface area contributed by atoms with Crippen molar-refractivity contribution >= 4 is 67.5 Å². The Morgan fingerprint density at radius 2 is 1.76 bits per heavy atom. The van der Waals surface area contributed by atoms with Gasteiger partial charge in [-0.05, 0) is 63.4 Å². The second-order valence-corrected chi connectivity index (χ2v) is 8.14. The third-order valence-corrected chi connectivity index (χ3v) is 5.89. The maximum Gasteiger partial charge on any atom is 0.135 e. The maximum atomic E-state index is 6.64. The van der Waals surface area contributed by atoms with Crippen LogP contribution in [0.5, 0.6) is 0 Å². The summed E-state index contributed by atoms with van der Waals surface area (Å²) in [5.41, 5.74) is 4.08. The van der Waals surface area contributed by atoms with Crippen molar-refractivity contribution in [1.29, 1.82) is 0 Å². The smallest absolute Gasteiger partial charge is 0.135 e. The molecule has 0 bridgehead atoms. The van der Waals surface area contributed by atoms with Gasteiger partial charge in [0.15, 0.2) is 0 Å². The lowest BCUT2D eigenvalue weighted by Gasteiger charge is -2.07. The molecule has 4 aromatic rings. The highest BCUT2D eigenvalue weighted by Crippen LogP contribution is 2.36. The Bertz CT molecular complexity index is 940. The number of para-hydroxylation sites is 1. The van der Waals surface area contributed by atoms with Gasteiger partial charge in [-0.25, -0.2) is 0 Å². The van der Waals surface area contributed by atoms with E-state index in [4.69, 9.17) is 16.0 Å². The van der Waals surface area contributed by atoms with Crippen molar-refractivity contribution in [2.24, 2.45) is 0 Å². The summed E-state index contributed by atoms with van der Waals surface area (Å²) in [5.74, 6) is 0. The molecule has 0 aliphatic carbocycles. The van der Waals surface area contributed by atoms with Crippen LogP contribution in [0.25, 0.3) is 21.9 Å². The van der Waals surface area contributed by atoms with E-state index >= 15 is 0 Å². The predicted molar refractivity (Wildman–Crippen MR) is 98.5 cm³/mol. The van der Waals surface area contributed by atoms with Crippen LogP contribution in [-0.2, 0) is 0 Å². The van der Waals surface area contributed by atoms with Crippen LogP contribution in [0.1, 0.15) is 16.5 Å². The van der Waals surface area contributed by atoms with Crippen molar-refractivity contribution < 1.29 is 4.42 Å². The third kappa shape index (κ3) is 2.37. The average Bonchev–Trinajstić information content (AvgIpc) is 3.09. The minimum absolute atomic E-state index is 0.122. The largest absolute Gasteiger partial charge is 0.456 e. The topological polar surface area (TPSA) is 13.1 Å². The molecule has 0 saturated heterocycles. The zero-order valence-corrected chi connectivity index (χ0v) is 14.6. The number of fused-ring (bicyclic) bond motifs is 3. The first-order chi connectivity index (χ1) is 10.2. The molecule has 0 fully saturated rings. The molecule has 2 aromatic carbocycles. The van der Waals surface area contributed by atoms with E-state index in [0.717, 1.165) is 33.1 Å². The van der Waals surface area contributed by atoms with E-state index in [2.05, 4.69) is 46.2 Å². The van der Waals surface area contributed by atoms with Gasteiger partial charge in [0.1, 0.15) is 11.2 Å². The highest BCUT2D eigenvalue weighted by Gasteiger charge is 2.15. The summed E-state index contributed by atoms with van der Waals surface area (Å²) >= 11 is 10.7. The lowest BCUT2D eigenvalue weighted by atomic mass is 10.0. The molecule has 0 saturated carbocycles. The fraction of sp³-hybridized carbons (Fsp3) is 0.0588. The van der Waals surface area contributed by atoms with Crippen LogP contribution in [0.4, 0.5) is 0 Å². The number of benzene rings is 2. The van der Waals surface area contributed by atoms with Gasteiger partial charge in [-0.1, -0.05) is 24.3 Å².